The summed E-state index contributed by atoms with van der Waals surface area (Å²) < 4.78 is 3.79. The SMILES string of the molecule is Cc1nc2ccccn2c1C(=O)Nc1nc2ccc(Br)cc2s1. The summed E-state index contributed by atoms with van der Waals surface area (Å²) in [5.41, 5.74) is 2.84. The van der Waals surface area contributed by atoms with Gasteiger partial charge >= 0.3 is 0 Å². The quantitative estimate of drug-likeness (QED) is 0.559. The molecule has 0 unspecified atom stereocenters. The van der Waals surface area contributed by atoms with E-state index < -0.39 is 0 Å². The highest BCUT2D eigenvalue weighted by Gasteiger charge is 2.17. The van der Waals surface area contributed by atoms with Crippen molar-refractivity contribution in [2.45, 2.75) is 6.92 Å². The van der Waals surface area contributed by atoms with Crippen LogP contribution >= 0.6 is 27.3 Å². The van der Waals surface area contributed by atoms with Gasteiger partial charge in [-0.3, -0.25) is 14.5 Å². The van der Waals surface area contributed by atoms with E-state index in [-0.39, 0.29) is 5.91 Å². The molecular weight excluding hydrogens is 376 g/mol. The number of hydrogen-bond donors (Lipinski definition) is 1. The molecule has 1 aromatic carbocycles. The highest BCUT2D eigenvalue weighted by Crippen LogP contribution is 2.28. The molecule has 1 amide bonds. The molecule has 4 aromatic rings. The lowest BCUT2D eigenvalue weighted by atomic mass is 10.3. The topological polar surface area (TPSA) is 59.3 Å². The maximum absolute atomic E-state index is 12.6. The Morgan fingerprint density at radius 3 is 3.00 bits per heavy atom. The Morgan fingerprint density at radius 1 is 1.26 bits per heavy atom. The fourth-order valence-corrected chi connectivity index (χ4v) is 3.91. The van der Waals surface area contributed by atoms with Gasteiger partial charge in [-0.05, 0) is 37.3 Å². The number of benzene rings is 1. The average molecular weight is 387 g/mol. The van der Waals surface area contributed by atoms with Crippen LogP contribution in [0.5, 0.6) is 0 Å². The molecule has 7 heteroatoms. The van der Waals surface area contributed by atoms with Gasteiger partial charge in [0, 0.05) is 10.7 Å². The molecule has 23 heavy (non-hydrogen) atoms. The zero-order valence-corrected chi connectivity index (χ0v) is 14.5. The van der Waals surface area contributed by atoms with Gasteiger partial charge in [0.1, 0.15) is 11.3 Å². The third kappa shape index (κ3) is 2.51. The number of aromatic nitrogens is 3. The summed E-state index contributed by atoms with van der Waals surface area (Å²) in [6.07, 6.45) is 1.83. The van der Waals surface area contributed by atoms with Crippen molar-refractivity contribution in [2.24, 2.45) is 0 Å². The molecule has 0 saturated carbocycles. The first-order valence-electron chi connectivity index (χ1n) is 6.93. The number of fused-ring (bicyclic) bond motifs is 2. The second-order valence-corrected chi connectivity index (χ2v) is 7.01. The van der Waals surface area contributed by atoms with E-state index in [0.717, 1.165) is 20.3 Å². The fraction of sp³-hybridized carbons (Fsp3) is 0.0625. The van der Waals surface area contributed by atoms with Crippen molar-refractivity contribution in [3.05, 3.63) is 58.5 Å². The molecule has 0 atom stereocenters. The molecule has 0 aliphatic carbocycles. The van der Waals surface area contributed by atoms with Crippen LogP contribution in [0.25, 0.3) is 15.9 Å². The fourth-order valence-electron chi connectivity index (χ4n) is 2.50. The van der Waals surface area contributed by atoms with Gasteiger partial charge in [-0.1, -0.05) is 33.3 Å². The van der Waals surface area contributed by atoms with Crippen LogP contribution in [0.15, 0.2) is 47.1 Å². The summed E-state index contributed by atoms with van der Waals surface area (Å²) in [5.74, 6) is -0.209. The summed E-state index contributed by atoms with van der Waals surface area (Å²) in [5, 5.41) is 3.46. The van der Waals surface area contributed by atoms with Crippen molar-refractivity contribution in [3.63, 3.8) is 0 Å². The van der Waals surface area contributed by atoms with E-state index in [0.29, 0.717) is 16.5 Å². The number of halogens is 1. The molecule has 0 fully saturated rings. The number of carbonyl (C=O) groups is 1. The maximum Gasteiger partial charge on any atom is 0.276 e. The van der Waals surface area contributed by atoms with Crippen LogP contribution in [-0.2, 0) is 0 Å². The summed E-state index contributed by atoms with van der Waals surface area (Å²) in [6.45, 7) is 1.83. The molecule has 3 heterocycles. The van der Waals surface area contributed by atoms with Gasteiger partial charge in [-0.25, -0.2) is 9.97 Å². The highest BCUT2D eigenvalue weighted by molar-refractivity contribution is 9.10. The van der Waals surface area contributed by atoms with E-state index in [1.807, 2.05) is 49.5 Å². The van der Waals surface area contributed by atoms with Crippen LogP contribution in [0.4, 0.5) is 5.13 Å². The van der Waals surface area contributed by atoms with Crippen molar-refractivity contribution >= 4 is 54.2 Å². The molecule has 5 nitrogen and oxygen atoms in total. The third-order valence-corrected chi connectivity index (χ3v) is 4.92. The van der Waals surface area contributed by atoms with Crippen LogP contribution in [-0.4, -0.2) is 20.3 Å². The number of amides is 1. The summed E-state index contributed by atoms with van der Waals surface area (Å²) in [4.78, 5) is 21.5. The second kappa shape index (κ2) is 5.43. The number of nitrogens with zero attached hydrogens (tertiary/aromatic N) is 3. The number of carbonyl (C=O) groups excluding carboxylic acids is 1. The number of rotatable bonds is 2. The van der Waals surface area contributed by atoms with Crippen LogP contribution in [0.3, 0.4) is 0 Å². The molecule has 114 valence electrons. The van der Waals surface area contributed by atoms with Crippen LogP contribution in [0, 0.1) is 6.92 Å². The van der Waals surface area contributed by atoms with E-state index in [1.165, 1.54) is 11.3 Å². The largest absolute Gasteiger partial charge is 0.296 e. The average Bonchev–Trinajstić information content (AvgIpc) is 3.05. The minimum absolute atomic E-state index is 0.209. The Hall–Kier alpha value is -2.25. The first-order chi connectivity index (χ1) is 11.1. The Labute approximate surface area is 144 Å². The highest BCUT2D eigenvalue weighted by atomic mass is 79.9. The molecule has 0 saturated heterocycles. The molecule has 3 aromatic heterocycles. The van der Waals surface area contributed by atoms with Crippen LogP contribution < -0.4 is 5.32 Å². The van der Waals surface area contributed by atoms with Gasteiger partial charge in [-0.2, -0.15) is 0 Å². The van der Waals surface area contributed by atoms with Crippen molar-refractivity contribution < 1.29 is 4.79 Å². The number of hydrogen-bond acceptors (Lipinski definition) is 4. The van der Waals surface area contributed by atoms with Crippen molar-refractivity contribution in [3.8, 4) is 0 Å². The number of pyridine rings is 1. The Bertz CT molecular complexity index is 1050. The van der Waals surface area contributed by atoms with Gasteiger partial charge in [0.05, 0.1) is 15.9 Å². The van der Waals surface area contributed by atoms with Gasteiger partial charge in [0.25, 0.3) is 5.91 Å². The Morgan fingerprint density at radius 2 is 2.13 bits per heavy atom. The first-order valence-corrected chi connectivity index (χ1v) is 8.54. The van der Waals surface area contributed by atoms with E-state index in [9.17, 15) is 4.79 Å². The number of imidazole rings is 1. The second-order valence-electron chi connectivity index (χ2n) is 5.06. The van der Waals surface area contributed by atoms with E-state index in [1.54, 1.807) is 4.40 Å². The minimum atomic E-state index is -0.209. The molecule has 1 N–H and O–H groups in total. The minimum Gasteiger partial charge on any atom is -0.296 e. The molecule has 0 aliphatic rings. The molecule has 0 radical (unpaired) electrons. The van der Waals surface area contributed by atoms with Gasteiger partial charge in [0.2, 0.25) is 0 Å². The van der Waals surface area contributed by atoms with Crippen LogP contribution in [0.2, 0.25) is 0 Å². The number of anilines is 1. The number of thiazole rings is 1. The third-order valence-electron chi connectivity index (χ3n) is 3.49. The van der Waals surface area contributed by atoms with Crippen LogP contribution in [0.1, 0.15) is 16.2 Å². The Balaban J connectivity index is 1.72. The maximum atomic E-state index is 12.6. The van der Waals surface area contributed by atoms with Crippen molar-refractivity contribution in [2.75, 3.05) is 5.32 Å². The lowest BCUT2D eigenvalue weighted by Crippen LogP contribution is -2.15. The van der Waals surface area contributed by atoms with Crippen molar-refractivity contribution in [1.82, 2.24) is 14.4 Å². The molecular formula is C16H11BrN4OS. The first kappa shape index (κ1) is 14.3. The summed E-state index contributed by atoms with van der Waals surface area (Å²) in [6, 6.07) is 11.5. The van der Waals surface area contributed by atoms with Crippen molar-refractivity contribution in [1.29, 1.82) is 0 Å². The Kier molecular flexibility index (Phi) is 3.39. The number of nitrogens with one attached hydrogen (secondary N) is 1. The lowest BCUT2D eigenvalue weighted by Gasteiger charge is -2.02. The predicted octanol–water partition coefficient (Wildman–Crippen LogP) is 4.27. The molecule has 0 aliphatic heterocycles. The summed E-state index contributed by atoms with van der Waals surface area (Å²) in [7, 11) is 0. The van der Waals surface area contributed by atoms with E-state index in [4.69, 9.17) is 0 Å². The smallest absolute Gasteiger partial charge is 0.276 e. The molecule has 4 rings (SSSR count). The zero-order chi connectivity index (χ0) is 16.0. The van der Waals surface area contributed by atoms with E-state index in [2.05, 4.69) is 31.2 Å². The summed E-state index contributed by atoms with van der Waals surface area (Å²) >= 11 is 4.89. The van der Waals surface area contributed by atoms with Gasteiger partial charge in [-0.15, -0.1) is 0 Å². The molecule has 0 bridgehead atoms. The monoisotopic (exact) mass is 386 g/mol. The predicted molar refractivity (Wildman–Crippen MR) is 95.2 cm³/mol. The molecule has 0 spiro atoms. The standard InChI is InChI=1S/C16H11BrN4OS/c1-9-14(21-7-3-2-4-13(21)18-9)15(22)20-16-19-11-6-5-10(17)8-12(11)23-16/h2-8H,1H3,(H,19,20,22). The van der Waals surface area contributed by atoms with Gasteiger partial charge < -0.3 is 0 Å². The zero-order valence-electron chi connectivity index (χ0n) is 12.1. The van der Waals surface area contributed by atoms with Gasteiger partial charge in [0.15, 0.2) is 5.13 Å². The lowest BCUT2D eigenvalue weighted by molar-refractivity contribution is 0.102. The van der Waals surface area contributed by atoms with E-state index >= 15 is 0 Å². The number of aryl methyl sites for hydroxylation is 1. The normalized spacial score (nSPS) is 11.2.